The molecule has 0 aromatic heterocycles. The van der Waals surface area contributed by atoms with Gasteiger partial charge in [-0.1, -0.05) is 12.1 Å². The van der Waals surface area contributed by atoms with Crippen LogP contribution >= 0.6 is 0 Å². The lowest BCUT2D eigenvalue weighted by atomic mass is 10.1. The number of likely N-dealkylation sites (N-methyl/N-ethyl adjacent to an activating group) is 1. The summed E-state index contributed by atoms with van der Waals surface area (Å²) in [5.41, 5.74) is 1.76. The molecule has 0 aliphatic carbocycles. The molecule has 2 rings (SSSR count). The van der Waals surface area contributed by atoms with Crippen molar-refractivity contribution >= 4 is 11.4 Å². The first-order chi connectivity index (χ1) is 8.08. The maximum atomic E-state index is 11.0. The number of benzene rings is 1. The summed E-state index contributed by atoms with van der Waals surface area (Å²) in [7, 11) is 2.06. The number of anilines is 1. The van der Waals surface area contributed by atoms with Gasteiger partial charge in [-0.25, -0.2) is 0 Å². The van der Waals surface area contributed by atoms with Gasteiger partial charge in [-0.2, -0.15) is 0 Å². The van der Waals surface area contributed by atoms with Crippen LogP contribution in [0.4, 0.5) is 11.4 Å². The van der Waals surface area contributed by atoms with Gasteiger partial charge in [0.05, 0.1) is 4.92 Å². The first-order valence-corrected chi connectivity index (χ1v) is 5.77. The van der Waals surface area contributed by atoms with Crippen LogP contribution in [-0.4, -0.2) is 36.0 Å². The number of aryl methyl sites for hydroxylation is 1. The van der Waals surface area contributed by atoms with Crippen molar-refractivity contribution in [2.24, 2.45) is 0 Å². The lowest BCUT2D eigenvalue weighted by molar-refractivity contribution is -0.384. The molecule has 1 saturated heterocycles. The summed E-state index contributed by atoms with van der Waals surface area (Å²) in [4.78, 5) is 12.9. The number of para-hydroxylation sites is 1. The van der Waals surface area contributed by atoms with Gasteiger partial charge in [-0.05, 0) is 32.5 Å². The van der Waals surface area contributed by atoms with Crippen LogP contribution in [0.5, 0.6) is 0 Å². The Bertz CT molecular complexity index is 434. The van der Waals surface area contributed by atoms with Crippen molar-refractivity contribution in [3.05, 3.63) is 33.9 Å². The number of nitrogens with zero attached hydrogens (tertiary/aromatic N) is 2. The maximum Gasteiger partial charge on any atom is 0.292 e. The van der Waals surface area contributed by atoms with Gasteiger partial charge in [-0.3, -0.25) is 10.1 Å². The Balaban J connectivity index is 2.22. The Morgan fingerprint density at radius 1 is 1.53 bits per heavy atom. The predicted molar refractivity (Wildman–Crippen MR) is 67.4 cm³/mol. The Morgan fingerprint density at radius 2 is 2.29 bits per heavy atom. The minimum absolute atomic E-state index is 0.166. The second-order valence-corrected chi connectivity index (χ2v) is 4.62. The van der Waals surface area contributed by atoms with E-state index in [0.717, 1.165) is 25.1 Å². The molecule has 1 fully saturated rings. The second-order valence-electron chi connectivity index (χ2n) is 4.62. The molecular formula is C12H17N3O2. The third-order valence-electron chi connectivity index (χ3n) is 3.19. The standard InChI is InChI=1S/C12H17N3O2/c1-9-4-3-5-11(15(16)17)12(9)13-10-6-7-14(2)8-10/h3-5,10,13H,6-8H2,1-2H3. The lowest BCUT2D eigenvalue weighted by Gasteiger charge is -2.16. The second kappa shape index (κ2) is 4.71. The van der Waals surface area contributed by atoms with Crippen molar-refractivity contribution in [2.45, 2.75) is 19.4 Å². The summed E-state index contributed by atoms with van der Waals surface area (Å²) in [6.45, 7) is 3.87. The molecule has 1 N–H and O–H groups in total. The summed E-state index contributed by atoms with van der Waals surface area (Å²) < 4.78 is 0. The average molecular weight is 235 g/mol. The number of hydrogen-bond acceptors (Lipinski definition) is 4. The molecule has 92 valence electrons. The zero-order valence-electron chi connectivity index (χ0n) is 10.1. The molecule has 0 radical (unpaired) electrons. The zero-order chi connectivity index (χ0) is 12.4. The van der Waals surface area contributed by atoms with E-state index < -0.39 is 0 Å². The minimum atomic E-state index is -0.325. The summed E-state index contributed by atoms with van der Waals surface area (Å²) >= 11 is 0. The molecule has 0 spiro atoms. The fourth-order valence-electron chi connectivity index (χ4n) is 2.25. The SMILES string of the molecule is Cc1cccc([N+](=O)[O-])c1NC1CCN(C)C1. The quantitative estimate of drug-likeness (QED) is 0.643. The van der Waals surface area contributed by atoms with Crippen LogP contribution in [0.15, 0.2) is 18.2 Å². The van der Waals surface area contributed by atoms with Crippen molar-refractivity contribution in [3.8, 4) is 0 Å². The number of nitro groups is 1. The molecule has 1 atom stereocenters. The van der Waals surface area contributed by atoms with E-state index in [2.05, 4.69) is 17.3 Å². The molecule has 0 bridgehead atoms. The van der Waals surface area contributed by atoms with Gasteiger partial charge >= 0.3 is 0 Å². The van der Waals surface area contributed by atoms with E-state index in [1.165, 1.54) is 0 Å². The first-order valence-electron chi connectivity index (χ1n) is 5.77. The summed E-state index contributed by atoms with van der Waals surface area (Å²) in [6, 6.07) is 5.47. The molecule has 1 aliphatic rings. The van der Waals surface area contributed by atoms with Crippen LogP contribution in [0.2, 0.25) is 0 Å². The summed E-state index contributed by atoms with van der Waals surface area (Å²) in [5, 5.41) is 14.3. The van der Waals surface area contributed by atoms with E-state index in [9.17, 15) is 10.1 Å². The monoisotopic (exact) mass is 235 g/mol. The molecule has 1 heterocycles. The van der Waals surface area contributed by atoms with E-state index >= 15 is 0 Å². The molecule has 5 nitrogen and oxygen atoms in total. The molecule has 0 saturated carbocycles. The number of nitro benzene ring substituents is 1. The summed E-state index contributed by atoms with van der Waals surface area (Å²) in [5.74, 6) is 0. The highest BCUT2D eigenvalue weighted by atomic mass is 16.6. The van der Waals surface area contributed by atoms with Gasteiger partial charge in [-0.15, -0.1) is 0 Å². The van der Waals surface area contributed by atoms with Crippen molar-refractivity contribution in [1.29, 1.82) is 0 Å². The van der Waals surface area contributed by atoms with Crippen LogP contribution < -0.4 is 5.32 Å². The average Bonchev–Trinajstić information content (AvgIpc) is 2.67. The van der Waals surface area contributed by atoms with Crippen LogP contribution in [0, 0.1) is 17.0 Å². The lowest BCUT2D eigenvalue weighted by Crippen LogP contribution is -2.24. The van der Waals surface area contributed by atoms with E-state index in [0.29, 0.717) is 11.7 Å². The Morgan fingerprint density at radius 3 is 2.88 bits per heavy atom. The molecule has 1 aromatic carbocycles. The highest BCUT2D eigenvalue weighted by Crippen LogP contribution is 2.29. The minimum Gasteiger partial charge on any atom is -0.375 e. The van der Waals surface area contributed by atoms with E-state index in [1.807, 2.05) is 13.0 Å². The van der Waals surface area contributed by atoms with E-state index in [-0.39, 0.29) is 10.6 Å². The third-order valence-corrected chi connectivity index (χ3v) is 3.19. The fourth-order valence-corrected chi connectivity index (χ4v) is 2.25. The van der Waals surface area contributed by atoms with Gasteiger partial charge in [0.15, 0.2) is 0 Å². The van der Waals surface area contributed by atoms with Gasteiger partial charge in [0.25, 0.3) is 5.69 Å². The van der Waals surface area contributed by atoms with Gasteiger partial charge < -0.3 is 10.2 Å². The van der Waals surface area contributed by atoms with Crippen LogP contribution in [-0.2, 0) is 0 Å². The smallest absolute Gasteiger partial charge is 0.292 e. The number of hydrogen-bond donors (Lipinski definition) is 1. The Kier molecular flexibility index (Phi) is 3.28. The molecule has 1 aliphatic heterocycles. The third kappa shape index (κ3) is 2.55. The highest BCUT2D eigenvalue weighted by Gasteiger charge is 2.23. The van der Waals surface area contributed by atoms with Crippen LogP contribution in [0.25, 0.3) is 0 Å². The van der Waals surface area contributed by atoms with Crippen molar-refractivity contribution in [1.82, 2.24) is 4.90 Å². The molecule has 0 amide bonds. The molecule has 17 heavy (non-hydrogen) atoms. The highest BCUT2D eigenvalue weighted by molar-refractivity contribution is 5.66. The molecule has 1 aromatic rings. The number of rotatable bonds is 3. The first kappa shape index (κ1) is 11.9. The largest absolute Gasteiger partial charge is 0.375 e. The van der Waals surface area contributed by atoms with Crippen LogP contribution in [0.3, 0.4) is 0 Å². The van der Waals surface area contributed by atoms with Gasteiger partial charge in [0.1, 0.15) is 5.69 Å². The topological polar surface area (TPSA) is 58.4 Å². The fraction of sp³-hybridized carbons (Fsp3) is 0.500. The Hall–Kier alpha value is -1.62. The van der Waals surface area contributed by atoms with Crippen molar-refractivity contribution in [2.75, 3.05) is 25.5 Å². The number of likely N-dealkylation sites (tertiary alicyclic amines) is 1. The number of nitrogens with one attached hydrogen (secondary N) is 1. The van der Waals surface area contributed by atoms with E-state index in [1.54, 1.807) is 12.1 Å². The zero-order valence-corrected chi connectivity index (χ0v) is 10.1. The van der Waals surface area contributed by atoms with Crippen molar-refractivity contribution < 1.29 is 4.92 Å². The predicted octanol–water partition coefficient (Wildman–Crippen LogP) is 2.02. The Labute approximate surface area is 101 Å². The maximum absolute atomic E-state index is 11.0. The summed E-state index contributed by atoms with van der Waals surface area (Å²) in [6.07, 6.45) is 1.03. The molecule has 5 heteroatoms. The van der Waals surface area contributed by atoms with Gasteiger partial charge in [0, 0.05) is 18.7 Å². The van der Waals surface area contributed by atoms with Gasteiger partial charge in [0.2, 0.25) is 0 Å². The molecule has 1 unspecified atom stereocenters. The van der Waals surface area contributed by atoms with Crippen LogP contribution in [0.1, 0.15) is 12.0 Å². The molecular weight excluding hydrogens is 218 g/mol. The normalized spacial score (nSPS) is 20.5. The van der Waals surface area contributed by atoms with E-state index in [4.69, 9.17) is 0 Å². The van der Waals surface area contributed by atoms with Crippen molar-refractivity contribution in [3.63, 3.8) is 0 Å².